The number of aromatic nitrogens is 3. The highest BCUT2D eigenvalue weighted by molar-refractivity contribution is 5.92. The fraction of sp³-hybridized carbons (Fsp3) is 0.550. The minimum Gasteiger partial charge on any atom is -0.337 e. The third-order valence-electron chi connectivity index (χ3n) is 5.35. The highest BCUT2D eigenvalue weighted by Gasteiger charge is 2.27. The summed E-state index contributed by atoms with van der Waals surface area (Å²) in [7, 11) is 3.77. The topological polar surface area (TPSA) is 54.3 Å². The van der Waals surface area contributed by atoms with Crippen LogP contribution in [0.5, 0.6) is 0 Å². The molecule has 0 spiro atoms. The van der Waals surface area contributed by atoms with Crippen LogP contribution in [0.1, 0.15) is 41.6 Å². The van der Waals surface area contributed by atoms with Crippen molar-refractivity contribution in [1.29, 1.82) is 0 Å². The molecule has 0 radical (unpaired) electrons. The Bertz CT molecular complexity index is 719. The Labute approximate surface area is 155 Å². The maximum atomic E-state index is 12.8. The minimum atomic E-state index is 0.0756. The van der Waals surface area contributed by atoms with Crippen molar-refractivity contribution in [3.63, 3.8) is 0 Å². The average Bonchev–Trinajstić information content (AvgIpc) is 3.07. The van der Waals surface area contributed by atoms with Crippen LogP contribution in [-0.4, -0.2) is 63.2 Å². The van der Waals surface area contributed by atoms with E-state index in [0.717, 1.165) is 56.7 Å². The van der Waals surface area contributed by atoms with Crippen molar-refractivity contribution in [1.82, 2.24) is 24.6 Å². The summed E-state index contributed by atoms with van der Waals surface area (Å²) in [6.45, 7) is 5.14. The van der Waals surface area contributed by atoms with Crippen LogP contribution in [0, 0.1) is 0 Å². The average molecular weight is 355 g/mol. The van der Waals surface area contributed by atoms with Crippen molar-refractivity contribution < 1.29 is 4.79 Å². The number of amides is 1. The Morgan fingerprint density at radius 2 is 2.04 bits per heavy atom. The van der Waals surface area contributed by atoms with Gasteiger partial charge in [-0.1, -0.05) is 13.0 Å². The normalized spacial score (nSPS) is 16.0. The SMILES string of the molecule is CCc1cc(C(=O)N(C)C2CCN(CCc3ccccn3)CC2)n(C)n1. The molecule has 1 aliphatic rings. The summed E-state index contributed by atoms with van der Waals surface area (Å²) >= 11 is 0. The lowest BCUT2D eigenvalue weighted by Crippen LogP contribution is -2.46. The Hall–Kier alpha value is -2.21. The van der Waals surface area contributed by atoms with E-state index in [9.17, 15) is 4.79 Å². The standard InChI is InChI=1S/C20H29N5O/c1-4-16-15-19(24(3)22-16)20(26)23(2)18-9-13-25(14-10-18)12-8-17-7-5-6-11-21-17/h5-7,11,15,18H,4,8-10,12-14H2,1-3H3. The van der Waals surface area contributed by atoms with E-state index in [2.05, 4.69) is 28.0 Å². The molecule has 2 aromatic rings. The first kappa shape index (κ1) is 18.6. The Morgan fingerprint density at radius 3 is 2.65 bits per heavy atom. The zero-order chi connectivity index (χ0) is 18.5. The van der Waals surface area contributed by atoms with E-state index in [1.807, 2.05) is 43.4 Å². The predicted octanol–water partition coefficient (Wildman–Crippen LogP) is 2.16. The van der Waals surface area contributed by atoms with E-state index in [-0.39, 0.29) is 5.91 Å². The summed E-state index contributed by atoms with van der Waals surface area (Å²) in [5.41, 5.74) is 2.79. The summed E-state index contributed by atoms with van der Waals surface area (Å²) in [5.74, 6) is 0.0756. The van der Waals surface area contributed by atoms with Gasteiger partial charge in [0.05, 0.1) is 5.69 Å². The molecule has 26 heavy (non-hydrogen) atoms. The van der Waals surface area contributed by atoms with Crippen molar-refractivity contribution >= 4 is 5.91 Å². The molecule has 2 aromatic heterocycles. The molecule has 6 nitrogen and oxygen atoms in total. The van der Waals surface area contributed by atoms with Crippen molar-refractivity contribution in [2.75, 3.05) is 26.7 Å². The molecule has 1 amide bonds. The van der Waals surface area contributed by atoms with Crippen LogP contribution in [0.15, 0.2) is 30.5 Å². The molecule has 1 aliphatic heterocycles. The van der Waals surface area contributed by atoms with Crippen molar-refractivity contribution in [2.24, 2.45) is 7.05 Å². The lowest BCUT2D eigenvalue weighted by atomic mass is 10.0. The Balaban J connectivity index is 1.50. The molecule has 140 valence electrons. The number of aryl methyl sites for hydroxylation is 2. The lowest BCUT2D eigenvalue weighted by Gasteiger charge is -2.36. The molecule has 0 atom stereocenters. The number of rotatable bonds is 6. The van der Waals surface area contributed by atoms with Gasteiger partial charge in [-0.3, -0.25) is 14.5 Å². The van der Waals surface area contributed by atoms with Crippen LogP contribution >= 0.6 is 0 Å². The third kappa shape index (κ3) is 4.30. The quantitative estimate of drug-likeness (QED) is 0.797. The number of pyridine rings is 1. The van der Waals surface area contributed by atoms with Gasteiger partial charge in [-0.25, -0.2) is 0 Å². The number of hydrogen-bond acceptors (Lipinski definition) is 4. The van der Waals surface area contributed by atoms with E-state index in [0.29, 0.717) is 11.7 Å². The molecule has 0 aromatic carbocycles. The molecule has 6 heteroatoms. The van der Waals surface area contributed by atoms with Crippen LogP contribution in [0.3, 0.4) is 0 Å². The van der Waals surface area contributed by atoms with Gasteiger partial charge in [0.1, 0.15) is 5.69 Å². The van der Waals surface area contributed by atoms with E-state index in [1.54, 1.807) is 4.68 Å². The van der Waals surface area contributed by atoms with Crippen molar-refractivity contribution in [2.45, 2.75) is 38.6 Å². The Morgan fingerprint density at radius 1 is 1.27 bits per heavy atom. The largest absolute Gasteiger partial charge is 0.337 e. The summed E-state index contributed by atoms with van der Waals surface area (Å²) in [6.07, 6.45) is 5.71. The highest BCUT2D eigenvalue weighted by Crippen LogP contribution is 2.18. The fourth-order valence-electron chi connectivity index (χ4n) is 3.59. The van der Waals surface area contributed by atoms with Crippen molar-refractivity contribution in [3.05, 3.63) is 47.5 Å². The molecule has 1 saturated heterocycles. The first-order chi connectivity index (χ1) is 12.6. The minimum absolute atomic E-state index is 0.0756. The fourth-order valence-corrected chi connectivity index (χ4v) is 3.59. The molecule has 3 heterocycles. The summed E-state index contributed by atoms with van der Waals surface area (Å²) in [4.78, 5) is 21.6. The van der Waals surface area contributed by atoms with Gasteiger partial charge in [0.2, 0.25) is 0 Å². The number of likely N-dealkylation sites (tertiary alicyclic amines) is 1. The maximum absolute atomic E-state index is 12.8. The van der Waals surface area contributed by atoms with Gasteiger partial charge in [-0.2, -0.15) is 5.10 Å². The first-order valence-corrected chi connectivity index (χ1v) is 9.50. The summed E-state index contributed by atoms with van der Waals surface area (Å²) in [6, 6.07) is 8.29. The van der Waals surface area contributed by atoms with Crippen LogP contribution < -0.4 is 0 Å². The molecule has 0 N–H and O–H groups in total. The molecule has 0 unspecified atom stereocenters. The van der Waals surface area contributed by atoms with Crippen LogP contribution in [-0.2, 0) is 19.9 Å². The third-order valence-corrected chi connectivity index (χ3v) is 5.35. The number of piperidine rings is 1. The zero-order valence-electron chi connectivity index (χ0n) is 16.1. The second-order valence-corrected chi connectivity index (χ2v) is 7.06. The lowest BCUT2D eigenvalue weighted by molar-refractivity contribution is 0.0632. The van der Waals surface area contributed by atoms with Gasteiger partial charge < -0.3 is 9.80 Å². The second-order valence-electron chi connectivity index (χ2n) is 7.06. The van der Waals surface area contributed by atoms with Gasteiger partial charge in [0, 0.05) is 58.1 Å². The molecule has 3 rings (SSSR count). The van der Waals surface area contributed by atoms with E-state index in [4.69, 9.17) is 0 Å². The monoisotopic (exact) mass is 355 g/mol. The number of carbonyl (C=O) groups excluding carboxylic acids is 1. The van der Waals surface area contributed by atoms with Gasteiger partial charge in [0.25, 0.3) is 5.91 Å². The summed E-state index contributed by atoms with van der Waals surface area (Å²) in [5, 5.41) is 4.40. The van der Waals surface area contributed by atoms with Gasteiger partial charge >= 0.3 is 0 Å². The molecule has 0 aliphatic carbocycles. The highest BCUT2D eigenvalue weighted by atomic mass is 16.2. The maximum Gasteiger partial charge on any atom is 0.272 e. The van der Waals surface area contributed by atoms with E-state index < -0.39 is 0 Å². The van der Waals surface area contributed by atoms with E-state index in [1.165, 1.54) is 0 Å². The van der Waals surface area contributed by atoms with Gasteiger partial charge in [0.15, 0.2) is 0 Å². The van der Waals surface area contributed by atoms with Crippen molar-refractivity contribution in [3.8, 4) is 0 Å². The smallest absolute Gasteiger partial charge is 0.272 e. The zero-order valence-corrected chi connectivity index (χ0v) is 16.1. The molecular formula is C20H29N5O. The van der Waals surface area contributed by atoms with Gasteiger partial charge in [-0.15, -0.1) is 0 Å². The van der Waals surface area contributed by atoms with E-state index >= 15 is 0 Å². The Kier molecular flexibility index (Phi) is 6.04. The molecule has 1 fully saturated rings. The number of carbonyl (C=O) groups is 1. The number of hydrogen-bond donors (Lipinski definition) is 0. The van der Waals surface area contributed by atoms with Crippen LogP contribution in [0.4, 0.5) is 0 Å². The molecular weight excluding hydrogens is 326 g/mol. The first-order valence-electron chi connectivity index (χ1n) is 9.50. The second kappa shape index (κ2) is 8.45. The molecule has 0 bridgehead atoms. The van der Waals surface area contributed by atoms with Gasteiger partial charge in [-0.05, 0) is 37.5 Å². The predicted molar refractivity (Wildman–Crippen MR) is 102 cm³/mol. The van der Waals surface area contributed by atoms with Crippen LogP contribution in [0.2, 0.25) is 0 Å². The summed E-state index contributed by atoms with van der Waals surface area (Å²) < 4.78 is 1.71. The van der Waals surface area contributed by atoms with Crippen LogP contribution in [0.25, 0.3) is 0 Å². The number of nitrogens with zero attached hydrogens (tertiary/aromatic N) is 5. The molecule has 0 saturated carbocycles.